The van der Waals surface area contributed by atoms with E-state index in [1.807, 2.05) is 0 Å². The summed E-state index contributed by atoms with van der Waals surface area (Å²) in [5.74, 6) is 0.905. The van der Waals surface area contributed by atoms with Crippen LogP contribution >= 0.6 is 0 Å². The monoisotopic (exact) mass is 309 g/mol. The minimum atomic E-state index is -1.29. The first-order chi connectivity index (χ1) is 10.6. The normalized spacial score (nSPS) is 15.9. The largest absolute Gasteiger partial charge is 0.496 e. The molecule has 0 spiro atoms. The summed E-state index contributed by atoms with van der Waals surface area (Å²) in [6, 6.07) is 17.7. The number of allylic oxidation sites excluding steroid dienone is 2. The van der Waals surface area contributed by atoms with E-state index in [4.69, 9.17) is 4.74 Å². The van der Waals surface area contributed by atoms with Gasteiger partial charge in [0.2, 0.25) is 0 Å². The fraction of sp³-hybridized carbons (Fsp3) is 0.150. The van der Waals surface area contributed by atoms with Crippen molar-refractivity contribution in [3.63, 3.8) is 0 Å². The molecular formula is C20H21OS+. The van der Waals surface area contributed by atoms with Gasteiger partial charge in [0, 0.05) is 12.2 Å². The van der Waals surface area contributed by atoms with Crippen molar-refractivity contribution in [3.8, 4) is 0 Å². The van der Waals surface area contributed by atoms with Crippen LogP contribution in [0.2, 0.25) is 0 Å². The molecular weight excluding hydrogens is 288 g/mol. The minimum absolute atomic E-state index is 0.905. The molecule has 2 aromatic rings. The van der Waals surface area contributed by atoms with Gasteiger partial charge in [-0.25, -0.2) is 0 Å². The fourth-order valence-electron chi connectivity index (χ4n) is 2.56. The van der Waals surface area contributed by atoms with Gasteiger partial charge >= 0.3 is 0 Å². The zero-order valence-corrected chi connectivity index (χ0v) is 14.1. The zero-order chi connectivity index (χ0) is 15.6. The highest BCUT2D eigenvalue weighted by Crippen LogP contribution is 2.33. The van der Waals surface area contributed by atoms with Gasteiger partial charge in [-0.3, -0.25) is 0 Å². The third-order valence-corrected chi connectivity index (χ3v) is 7.19. The summed E-state index contributed by atoms with van der Waals surface area (Å²) in [6.45, 7) is 4.25. The molecule has 3 rings (SSSR count). The first kappa shape index (κ1) is 14.9. The number of aryl methyl sites for hydroxylation is 2. The van der Waals surface area contributed by atoms with Crippen LogP contribution in [0.5, 0.6) is 0 Å². The predicted octanol–water partition coefficient (Wildman–Crippen LogP) is 4.74. The van der Waals surface area contributed by atoms with E-state index < -0.39 is 9.62 Å². The summed E-state index contributed by atoms with van der Waals surface area (Å²) in [5, 5.41) is 4.61. The Kier molecular flexibility index (Phi) is 4.04. The average Bonchev–Trinajstić information content (AvgIpc) is 2.56. The van der Waals surface area contributed by atoms with Crippen LogP contribution < -0.4 is 0 Å². The Labute approximate surface area is 133 Å². The molecule has 0 amide bonds. The Balaban J connectivity index is 2.22. The van der Waals surface area contributed by atoms with Gasteiger partial charge in [-0.15, -0.1) is 0 Å². The van der Waals surface area contributed by atoms with E-state index in [0.717, 1.165) is 5.76 Å². The van der Waals surface area contributed by atoms with E-state index in [1.54, 1.807) is 7.11 Å². The van der Waals surface area contributed by atoms with Crippen LogP contribution in [0.3, 0.4) is 0 Å². The lowest BCUT2D eigenvalue weighted by Gasteiger charge is -2.19. The highest BCUT2D eigenvalue weighted by molar-refractivity contribution is 8.15. The molecule has 22 heavy (non-hydrogen) atoms. The van der Waals surface area contributed by atoms with Crippen molar-refractivity contribution in [2.24, 2.45) is 0 Å². The van der Waals surface area contributed by atoms with E-state index in [-0.39, 0.29) is 0 Å². The van der Waals surface area contributed by atoms with E-state index in [2.05, 4.69) is 85.3 Å². The van der Waals surface area contributed by atoms with Crippen LogP contribution in [0.25, 0.3) is 0 Å². The first-order valence-corrected chi connectivity index (χ1v) is 9.14. The van der Waals surface area contributed by atoms with Gasteiger partial charge in [0.15, 0.2) is 0 Å². The molecule has 0 radical (unpaired) electrons. The third kappa shape index (κ3) is 2.67. The van der Waals surface area contributed by atoms with Crippen LogP contribution in [0.4, 0.5) is 0 Å². The Morgan fingerprint density at radius 1 is 0.773 bits per heavy atom. The summed E-state index contributed by atoms with van der Waals surface area (Å²) in [4.78, 5) is 2.70. The number of ether oxygens (including phenoxy) is 1. The second-order valence-corrected chi connectivity index (χ2v) is 8.45. The quantitative estimate of drug-likeness (QED) is 0.588. The lowest BCUT2D eigenvalue weighted by Crippen LogP contribution is -2.15. The van der Waals surface area contributed by atoms with Gasteiger partial charge in [0.05, 0.1) is 17.9 Å². The molecule has 0 saturated heterocycles. The summed E-state index contributed by atoms with van der Waals surface area (Å²) in [7, 11) is 0.419. The smallest absolute Gasteiger partial charge is 0.128 e. The number of methoxy groups -OCH3 is 1. The van der Waals surface area contributed by atoms with Crippen LogP contribution in [0.1, 0.15) is 11.1 Å². The van der Waals surface area contributed by atoms with Crippen LogP contribution in [0.15, 0.2) is 81.6 Å². The maximum Gasteiger partial charge on any atom is 0.128 e. The molecule has 0 N–H and O–H groups in total. The van der Waals surface area contributed by atoms with Gasteiger partial charge in [-0.2, -0.15) is 0 Å². The number of hydrogen-bond acceptors (Lipinski definition) is 1. The fourth-order valence-corrected chi connectivity index (χ4v) is 5.42. The van der Waals surface area contributed by atoms with E-state index >= 15 is 0 Å². The first-order valence-electron chi connectivity index (χ1n) is 7.38. The number of benzene rings is 2. The Morgan fingerprint density at radius 3 is 1.64 bits per heavy atom. The molecule has 1 aliphatic rings. The lowest BCUT2D eigenvalue weighted by atomic mass is 10.2. The van der Waals surface area contributed by atoms with Gasteiger partial charge in [0.25, 0.3) is 0 Å². The second kappa shape index (κ2) is 5.98. The molecule has 1 nitrogen and oxygen atoms in total. The molecule has 2 heteroatoms. The van der Waals surface area contributed by atoms with Gasteiger partial charge in [-0.1, -0.05) is 35.4 Å². The van der Waals surface area contributed by atoms with Crippen molar-refractivity contribution in [1.82, 2.24) is 0 Å². The van der Waals surface area contributed by atoms with Crippen LogP contribution in [-0.2, 0) is 14.4 Å². The van der Waals surface area contributed by atoms with Crippen molar-refractivity contribution in [1.29, 1.82) is 0 Å². The predicted molar refractivity (Wildman–Crippen MR) is 96.6 cm³/mol. The van der Waals surface area contributed by atoms with Crippen molar-refractivity contribution in [2.75, 3.05) is 7.11 Å². The molecule has 0 unspecified atom stereocenters. The maximum atomic E-state index is 5.35. The molecule has 2 aromatic carbocycles. The van der Waals surface area contributed by atoms with Gasteiger partial charge in [0.1, 0.15) is 15.6 Å². The Bertz CT molecular complexity index is 728. The third-order valence-electron chi connectivity index (χ3n) is 3.95. The molecule has 112 valence electrons. The molecule has 0 saturated carbocycles. The SMILES string of the molecule is COC1=CC=[S+](c2ccc(C)cc2)(c2ccc(C)cc2)C=C1. The molecule has 0 fully saturated rings. The van der Waals surface area contributed by atoms with Crippen molar-refractivity contribution >= 4 is 15.0 Å². The van der Waals surface area contributed by atoms with Crippen molar-refractivity contribution in [3.05, 3.63) is 83.0 Å². The molecule has 0 aliphatic carbocycles. The van der Waals surface area contributed by atoms with Crippen molar-refractivity contribution < 1.29 is 4.74 Å². The average molecular weight is 309 g/mol. The lowest BCUT2D eigenvalue weighted by molar-refractivity contribution is 0.307. The zero-order valence-electron chi connectivity index (χ0n) is 13.2. The number of rotatable bonds is 3. The van der Waals surface area contributed by atoms with Crippen molar-refractivity contribution in [2.45, 2.75) is 23.6 Å². The summed E-state index contributed by atoms with van der Waals surface area (Å²) in [5.41, 5.74) is 2.57. The summed E-state index contributed by atoms with van der Waals surface area (Å²) in [6.07, 6.45) is 4.18. The Morgan fingerprint density at radius 2 is 1.27 bits per heavy atom. The van der Waals surface area contributed by atoms with E-state index in [1.165, 1.54) is 20.9 Å². The maximum absolute atomic E-state index is 5.35. The minimum Gasteiger partial charge on any atom is -0.496 e. The summed E-state index contributed by atoms with van der Waals surface area (Å²) < 4.78 is 5.35. The molecule has 1 aliphatic heterocycles. The molecule has 0 atom stereocenters. The Hall–Kier alpha value is -2.06. The molecule has 1 heterocycles. The van der Waals surface area contributed by atoms with Gasteiger partial charge < -0.3 is 4.74 Å². The highest BCUT2D eigenvalue weighted by atomic mass is 32.2. The van der Waals surface area contributed by atoms with Crippen LogP contribution in [0, 0.1) is 13.8 Å². The topological polar surface area (TPSA) is 9.23 Å². The number of hydrogen-bond donors (Lipinski definition) is 0. The molecule has 0 aromatic heterocycles. The summed E-state index contributed by atoms with van der Waals surface area (Å²) >= 11 is 0. The second-order valence-electron chi connectivity index (χ2n) is 5.55. The standard InChI is InChI=1S/C20H21OS/c1-16-4-8-19(9-5-16)22(14-12-18(21-3)13-15-22)20-10-6-17(2)7-11-20/h4-15H,1-3H3/q+1. The van der Waals surface area contributed by atoms with Gasteiger partial charge in [-0.05, 0) is 47.7 Å². The highest BCUT2D eigenvalue weighted by Gasteiger charge is 2.28. The molecule has 0 bridgehead atoms. The van der Waals surface area contributed by atoms with E-state index in [9.17, 15) is 0 Å². The van der Waals surface area contributed by atoms with E-state index in [0.29, 0.717) is 0 Å². The van der Waals surface area contributed by atoms with Crippen LogP contribution in [-0.4, -0.2) is 12.5 Å².